The van der Waals surface area contributed by atoms with E-state index in [1.54, 1.807) is 10.9 Å². The van der Waals surface area contributed by atoms with Gasteiger partial charge in [-0.05, 0) is 32.0 Å². The van der Waals surface area contributed by atoms with Crippen molar-refractivity contribution in [3.8, 4) is 0 Å². The van der Waals surface area contributed by atoms with Crippen LogP contribution in [0.3, 0.4) is 0 Å². The van der Waals surface area contributed by atoms with Crippen molar-refractivity contribution >= 4 is 17.0 Å². The van der Waals surface area contributed by atoms with Crippen LogP contribution in [0.2, 0.25) is 0 Å². The molecule has 0 radical (unpaired) electrons. The van der Waals surface area contributed by atoms with E-state index in [-0.39, 0.29) is 23.0 Å². The number of halogens is 1. The number of nitrogens with zero attached hydrogens (tertiary/aromatic N) is 3. The quantitative estimate of drug-likeness (QED) is 0.812. The molecule has 7 nitrogen and oxygen atoms in total. The molecule has 0 fully saturated rings. The molecule has 1 unspecified atom stereocenters. The summed E-state index contributed by atoms with van der Waals surface area (Å²) in [5.41, 5.74) is 0.237. The van der Waals surface area contributed by atoms with Gasteiger partial charge in [0.05, 0.1) is 23.2 Å². The van der Waals surface area contributed by atoms with Gasteiger partial charge < -0.3 is 9.87 Å². The maximum Gasteiger partial charge on any atom is 0.254 e. The number of hydrogen-bond donors (Lipinski definition) is 2. The number of aromatic nitrogens is 3. The van der Waals surface area contributed by atoms with E-state index >= 15 is 0 Å². The van der Waals surface area contributed by atoms with Crippen LogP contribution in [-0.4, -0.2) is 29.7 Å². The summed E-state index contributed by atoms with van der Waals surface area (Å²) in [5.74, 6) is -1.46. The number of nitrogens with one attached hydrogen (secondary N) is 1. The molecule has 0 spiro atoms. The van der Waals surface area contributed by atoms with Crippen LogP contribution in [0, 0.1) is 5.82 Å². The maximum absolute atomic E-state index is 13.6. The lowest BCUT2D eigenvalue weighted by atomic mass is 10.2. The van der Waals surface area contributed by atoms with Crippen LogP contribution in [-0.2, 0) is 17.6 Å². The minimum Gasteiger partial charge on any atom is -0.346 e. The summed E-state index contributed by atoms with van der Waals surface area (Å²) in [6.45, 7) is 3.96. The van der Waals surface area contributed by atoms with Crippen LogP contribution in [0.5, 0.6) is 0 Å². The fourth-order valence-electron chi connectivity index (χ4n) is 1.70. The Labute approximate surface area is 128 Å². The number of carbonyl (C=O) groups is 1. The molecule has 0 aliphatic heterocycles. The van der Waals surface area contributed by atoms with Gasteiger partial charge in [0.15, 0.2) is 11.1 Å². The Kier molecular flexibility index (Phi) is 4.99. The topological polar surface area (TPSA) is 97.1 Å². The summed E-state index contributed by atoms with van der Waals surface area (Å²) >= 11 is -2.28. The molecule has 118 valence electrons. The van der Waals surface area contributed by atoms with Gasteiger partial charge in [0, 0.05) is 6.04 Å². The van der Waals surface area contributed by atoms with Gasteiger partial charge in [-0.15, -0.1) is 5.10 Å². The number of benzene rings is 1. The lowest BCUT2D eigenvalue weighted by Crippen LogP contribution is -2.24. The standard InChI is InChI=1S/C13H15FN4O3S/c1-8(2)18-7-9(16-17-18)6-15-13(19)11-5-10(22(20)21)3-4-12(11)14/h3-5,7-8H,6H2,1-2H3,(H,15,19)(H,20,21). The van der Waals surface area contributed by atoms with Crippen LogP contribution in [0.4, 0.5) is 4.39 Å². The van der Waals surface area contributed by atoms with Crippen molar-refractivity contribution in [2.45, 2.75) is 31.3 Å². The third kappa shape index (κ3) is 3.74. The van der Waals surface area contributed by atoms with Gasteiger partial charge in [0.1, 0.15) is 11.5 Å². The highest BCUT2D eigenvalue weighted by molar-refractivity contribution is 7.79. The summed E-state index contributed by atoms with van der Waals surface area (Å²) in [5, 5.41) is 10.3. The second-order valence-corrected chi connectivity index (χ2v) is 5.83. The monoisotopic (exact) mass is 326 g/mol. The van der Waals surface area contributed by atoms with Crippen molar-refractivity contribution in [2.24, 2.45) is 0 Å². The lowest BCUT2D eigenvalue weighted by Gasteiger charge is -2.06. The predicted molar refractivity (Wildman–Crippen MR) is 77.0 cm³/mol. The van der Waals surface area contributed by atoms with Crippen molar-refractivity contribution in [3.63, 3.8) is 0 Å². The van der Waals surface area contributed by atoms with Crippen LogP contribution >= 0.6 is 0 Å². The molecule has 0 bridgehead atoms. The first-order valence-electron chi connectivity index (χ1n) is 6.47. The fraction of sp³-hybridized carbons (Fsp3) is 0.308. The second kappa shape index (κ2) is 6.75. The zero-order valence-electron chi connectivity index (χ0n) is 12.0. The molecule has 1 amide bonds. The summed E-state index contributed by atoms with van der Waals surface area (Å²) in [6.07, 6.45) is 1.68. The Hall–Kier alpha value is -2.13. The van der Waals surface area contributed by atoms with Crippen molar-refractivity contribution in [1.29, 1.82) is 0 Å². The molecule has 22 heavy (non-hydrogen) atoms. The van der Waals surface area contributed by atoms with Gasteiger partial charge in [0.2, 0.25) is 0 Å². The van der Waals surface area contributed by atoms with Gasteiger partial charge in [-0.2, -0.15) is 0 Å². The largest absolute Gasteiger partial charge is 0.346 e. The maximum atomic E-state index is 13.6. The molecule has 0 saturated carbocycles. The highest BCUT2D eigenvalue weighted by Gasteiger charge is 2.15. The Morgan fingerprint density at radius 2 is 2.23 bits per heavy atom. The lowest BCUT2D eigenvalue weighted by molar-refractivity contribution is 0.0946. The molecule has 1 aromatic heterocycles. The molecule has 1 heterocycles. The predicted octanol–water partition coefficient (Wildman–Crippen LogP) is 1.51. The summed E-state index contributed by atoms with van der Waals surface area (Å²) in [7, 11) is 0. The Morgan fingerprint density at radius 1 is 1.50 bits per heavy atom. The average molecular weight is 326 g/mol. The van der Waals surface area contributed by atoms with Crippen molar-refractivity contribution in [1.82, 2.24) is 20.3 Å². The molecule has 2 rings (SSSR count). The van der Waals surface area contributed by atoms with E-state index in [2.05, 4.69) is 15.6 Å². The van der Waals surface area contributed by atoms with Crippen molar-refractivity contribution < 1.29 is 17.9 Å². The molecule has 2 N–H and O–H groups in total. The highest BCUT2D eigenvalue weighted by Crippen LogP contribution is 2.13. The third-order valence-electron chi connectivity index (χ3n) is 2.90. The van der Waals surface area contributed by atoms with E-state index < -0.39 is 22.8 Å². The van der Waals surface area contributed by atoms with Crippen LogP contribution < -0.4 is 5.32 Å². The zero-order valence-corrected chi connectivity index (χ0v) is 12.8. The third-order valence-corrected chi connectivity index (χ3v) is 3.56. The Morgan fingerprint density at radius 3 is 2.82 bits per heavy atom. The van der Waals surface area contributed by atoms with E-state index in [1.807, 2.05) is 13.8 Å². The first-order valence-corrected chi connectivity index (χ1v) is 7.58. The number of rotatable bonds is 5. The van der Waals surface area contributed by atoms with E-state index in [1.165, 1.54) is 0 Å². The summed E-state index contributed by atoms with van der Waals surface area (Å²) < 4.78 is 35.2. The first kappa shape index (κ1) is 16.2. The van der Waals surface area contributed by atoms with Gasteiger partial charge in [-0.1, -0.05) is 5.21 Å². The smallest absolute Gasteiger partial charge is 0.254 e. The molecular formula is C13H15FN4O3S. The molecular weight excluding hydrogens is 311 g/mol. The summed E-state index contributed by atoms with van der Waals surface area (Å²) in [4.78, 5) is 11.9. The van der Waals surface area contributed by atoms with E-state index in [0.717, 1.165) is 18.2 Å². The van der Waals surface area contributed by atoms with Crippen molar-refractivity contribution in [3.05, 3.63) is 41.5 Å². The summed E-state index contributed by atoms with van der Waals surface area (Å²) in [6, 6.07) is 3.32. The molecule has 9 heteroatoms. The molecule has 1 aromatic carbocycles. The molecule has 2 aromatic rings. The average Bonchev–Trinajstić information content (AvgIpc) is 2.94. The number of carbonyl (C=O) groups excluding carboxylic acids is 1. The minimum absolute atomic E-state index is 0.0442. The highest BCUT2D eigenvalue weighted by atomic mass is 32.2. The molecule has 0 aliphatic carbocycles. The van der Waals surface area contributed by atoms with Crippen LogP contribution in [0.15, 0.2) is 29.3 Å². The SMILES string of the molecule is CC(C)n1cc(CNC(=O)c2cc(S(=O)O)ccc2F)nn1. The van der Waals surface area contributed by atoms with E-state index in [0.29, 0.717) is 5.69 Å². The first-order chi connectivity index (χ1) is 10.4. The molecule has 1 atom stereocenters. The molecule has 0 aliphatic rings. The van der Waals surface area contributed by atoms with Gasteiger partial charge >= 0.3 is 0 Å². The zero-order chi connectivity index (χ0) is 16.3. The fourth-order valence-corrected chi connectivity index (χ4v) is 2.10. The Bertz CT molecular complexity index is 717. The Balaban J connectivity index is 2.08. The number of amides is 1. The van der Waals surface area contributed by atoms with E-state index in [4.69, 9.17) is 4.55 Å². The van der Waals surface area contributed by atoms with E-state index in [9.17, 15) is 13.4 Å². The van der Waals surface area contributed by atoms with Gasteiger partial charge in [-0.3, -0.25) is 4.79 Å². The minimum atomic E-state index is -2.28. The van der Waals surface area contributed by atoms with Crippen LogP contribution in [0.25, 0.3) is 0 Å². The van der Waals surface area contributed by atoms with Crippen molar-refractivity contribution in [2.75, 3.05) is 0 Å². The normalized spacial score (nSPS) is 12.4. The number of hydrogen-bond acceptors (Lipinski definition) is 4. The van der Waals surface area contributed by atoms with Gasteiger partial charge in [-0.25, -0.2) is 13.3 Å². The van der Waals surface area contributed by atoms with Crippen LogP contribution in [0.1, 0.15) is 35.9 Å². The second-order valence-electron chi connectivity index (χ2n) is 4.86. The van der Waals surface area contributed by atoms with Gasteiger partial charge in [0.25, 0.3) is 5.91 Å². The molecule has 0 saturated heterocycles.